The van der Waals surface area contributed by atoms with Gasteiger partial charge in [0.05, 0.1) is 23.4 Å². The summed E-state index contributed by atoms with van der Waals surface area (Å²) in [5.74, 6) is 2.62. The van der Waals surface area contributed by atoms with Crippen LogP contribution in [0.15, 0.2) is 21.2 Å². The van der Waals surface area contributed by atoms with Gasteiger partial charge in [-0.05, 0) is 11.6 Å². The third kappa shape index (κ3) is 3.34. The molecule has 0 fully saturated rings. The van der Waals surface area contributed by atoms with Crippen LogP contribution in [0.5, 0.6) is 0 Å². The number of H-pyrrole nitrogens is 1. The molecule has 0 unspecified atom stereocenters. The zero-order valence-electron chi connectivity index (χ0n) is 10.3. The number of nitrogens with zero attached hydrogens (tertiary/aromatic N) is 4. The van der Waals surface area contributed by atoms with Crippen LogP contribution in [-0.2, 0) is 0 Å². The Hall–Kier alpha value is -3.37. The van der Waals surface area contributed by atoms with E-state index in [0.717, 1.165) is 6.07 Å². The van der Waals surface area contributed by atoms with Gasteiger partial charge in [0.1, 0.15) is 5.69 Å². The minimum absolute atomic E-state index is 0.394. The highest BCUT2D eigenvalue weighted by Gasteiger charge is 2.21. The van der Waals surface area contributed by atoms with Crippen LogP contribution in [0, 0.1) is 10.3 Å². The zero-order valence-corrected chi connectivity index (χ0v) is 10.3. The van der Waals surface area contributed by atoms with Gasteiger partial charge in [0.2, 0.25) is 0 Å². The fourth-order valence-corrected chi connectivity index (χ4v) is 1.46. The number of amides is 2. The Morgan fingerprint density at radius 2 is 2.19 bits per heavy atom. The molecular formula is C9H8N8O4. The second-order valence-corrected chi connectivity index (χ2v) is 3.54. The maximum atomic E-state index is 11.9. The third-order valence-corrected chi connectivity index (χ3v) is 2.32. The molecule has 0 spiro atoms. The van der Waals surface area contributed by atoms with Crippen molar-refractivity contribution in [1.29, 1.82) is 5.41 Å². The highest BCUT2D eigenvalue weighted by Crippen LogP contribution is 2.09. The smallest absolute Gasteiger partial charge is 0.317 e. The number of rotatable bonds is 5. The topological polar surface area (TPSA) is 207 Å². The summed E-state index contributed by atoms with van der Waals surface area (Å²) in [6.07, 6.45) is 0. The molecular weight excluding hydrogens is 284 g/mol. The van der Waals surface area contributed by atoms with Crippen molar-refractivity contribution >= 4 is 17.5 Å². The third-order valence-electron chi connectivity index (χ3n) is 2.32. The second-order valence-electron chi connectivity index (χ2n) is 3.54. The van der Waals surface area contributed by atoms with Crippen molar-refractivity contribution in [1.82, 2.24) is 10.4 Å². The average Bonchev–Trinajstić information content (AvgIpc) is 2.49. The lowest BCUT2D eigenvalue weighted by molar-refractivity contribution is 0.0948. The highest BCUT2D eigenvalue weighted by atomic mass is 16.3. The molecule has 21 heavy (non-hydrogen) atoms. The van der Waals surface area contributed by atoms with E-state index in [9.17, 15) is 19.3 Å². The number of nitrogens with one attached hydrogen (secondary N) is 3. The van der Waals surface area contributed by atoms with Gasteiger partial charge in [-0.3, -0.25) is 19.8 Å². The predicted molar refractivity (Wildman–Crippen MR) is 69.7 cm³/mol. The summed E-state index contributed by atoms with van der Waals surface area (Å²) in [5, 5.41) is 12.8. The summed E-state index contributed by atoms with van der Waals surface area (Å²) < 4.78 is 0. The molecule has 2 amide bonds. The van der Waals surface area contributed by atoms with E-state index in [2.05, 4.69) is 20.2 Å². The Morgan fingerprint density at radius 1 is 1.52 bits per heavy atom. The van der Waals surface area contributed by atoms with E-state index in [4.69, 9.17) is 16.8 Å². The summed E-state index contributed by atoms with van der Waals surface area (Å²) in [4.78, 5) is 49.5. The first-order chi connectivity index (χ1) is 9.96. The first-order valence-corrected chi connectivity index (χ1v) is 5.20. The van der Waals surface area contributed by atoms with Gasteiger partial charge >= 0.3 is 5.91 Å². The van der Waals surface area contributed by atoms with Crippen molar-refractivity contribution in [3.05, 3.63) is 48.6 Å². The zero-order chi connectivity index (χ0) is 16.0. The molecule has 0 aromatic carbocycles. The van der Waals surface area contributed by atoms with E-state index in [1.807, 2.05) is 0 Å². The number of aromatic nitrogens is 1. The first-order valence-electron chi connectivity index (χ1n) is 5.20. The van der Waals surface area contributed by atoms with Crippen LogP contribution in [0.1, 0.15) is 26.4 Å². The Balaban J connectivity index is 3.55. The molecule has 12 heteroatoms. The van der Waals surface area contributed by atoms with E-state index in [0.29, 0.717) is 0 Å². The molecule has 1 aromatic rings. The lowest BCUT2D eigenvalue weighted by Crippen LogP contribution is -2.34. The fourth-order valence-electron chi connectivity index (χ4n) is 1.46. The summed E-state index contributed by atoms with van der Waals surface area (Å²) >= 11 is 0. The van der Waals surface area contributed by atoms with Crippen molar-refractivity contribution in [3.8, 4) is 0 Å². The summed E-state index contributed by atoms with van der Waals surface area (Å²) in [6.45, 7) is -0.527. The van der Waals surface area contributed by atoms with Crippen LogP contribution >= 0.6 is 0 Å². The van der Waals surface area contributed by atoms with Crippen molar-refractivity contribution < 1.29 is 9.59 Å². The van der Waals surface area contributed by atoms with E-state index >= 15 is 0 Å². The van der Waals surface area contributed by atoms with E-state index < -0.39 is 46.5 Å². The molecule has 0 saturated heterocycles. The number of pyridine rings is 1. The van der Waals surface area contributed by atoms with Crippen LogP contribution in [0.25, 0.3) is 10.4 Å². The number of hydrazine groups is 1. The molecule has 12 nitrogen and oxygen atoms in total. The van der Waals surface area contributed by atoms with Crippen molar-refractivity contribution in [3.63, 3.8) is 0 Å². The Labute approximate surface area is 115 Å². The quantitative estimate of drug-likeness (QED) is 0.0828. The Morgan fingerprint density at radius 3 is 2.71 bits per heavy atom. The Bertz CT molecular complexity index is 730. The molecule has 1 rings (SSSR count). The molecule has 0 atom stereocenters. The number of aromatic amines is 1. The van der Waals surface area contributed by atoms with E-state index in [-0.39, 0.29) is 0 Å². The molecule has 5 N–H and O–H groups in total. The molecule has 0 aliphatic carbocycles. The maximum Gasteiger partial charge on any atom is 0.317 e. The maximum absolute atomic E-state index is 11.9. The largest absolute Gasteiger partial charge is 0.317 e. The Kier molecular flexibility index (Phi) is 5.00. The lowest BCUT2D eigenvalue weighted by Gasteiger charge is -2.07. The monoisotopic (exact) mass is 292 g/mol. The molecule has 108 valence electrons. The standard InChI is InChI=1S/C9H8N8O4/c10-4(2-13-17-12)6-3(7(18)16-21)1-5(8(19)15-11)14-9(6)20/h1,10H,2,11H2,(H,14,20)(H,15,19). The van der Waals surface area contributed by atoms with Crippen LogP contribution in [0.3, 0.4) is 0 Å². The van der Waals surface area contributed by atoms with Gasteiger partial charge in [-0.15, -0.1) is 4.91 Å². The predicted octanol–water partition coefficient (Wildman–Crippen LogP) is -0.437. The second kappa shape index (κ2) is 6.70. The molecule has 1 aromatic heterocycles. The normalized spacial score (nSPS) is 9.38. The SMILES string of the molecule is [N-]=[N+]=NCC(=N)c1c(C(=O)N=O)cc(C(=O)NN)[nH]c1=O. The van der Waals surface area contributed by atoms with E-state index in [1.54, 1.807) is 5.43 Å². The first kappa shape index (κ1) is 15.7. The number of carbonyl (C=O) groups excluding carboxylic acids is 2. The summed E-state index contributed by atoms with van der Waals surface area (Å²) in [6, 6.07) is 0.854. The summed E-state index contributed by atoms with van der Waals surface area (Å²) in [7, 11) is 0. The number of hydrogen-bond acceptors (Lipinski definition) is 7. The number of nitrogen functional groups attached to an aromatic ring is 1. The molecule has 0 bridgehead atoms. The molecule has 0 aliphatic rings. The van der Waals surface area contributed by atoms with E-state index in [1.165, 1.54) is 0 Å². The van der Waals surface area contributed by atoms with Crippen LogP contribution in [0.2, 0.25) is 0 Å². The molecule has 1 heterocycles. The van der Waals surface area contributed by atoms with Crippen LogP contribution < -0.4 is 16.8 Å². The van der Waals surface area contributed by atoms with Gasteiger partial charge in [0.15, 0.2) is 0 Å². The lowest BCUT2D eigenvalue weighted by atomic mass is 10.0. The fraction of sp³-hybridized carbons (Fsp3) is 0.111. The molecule has 0 radical (unpaired) electrons. The van der Waals surface area contributed by atoms with Gasteiger partial charge in [-0.1, -0.05) is 5.11 Å². The number of azide groups is 1. The van der Waals surface area contributed by atoms with Gasteiger partial charge in [0, 0.05) is 10.1 Å². The van der Waals surface area contributed by atoms with Crippen LogP contribution in [0.4, 0.5) is 0 Å². The number of nitroso groups, excluding NO2 is 1. The van der Waals surface area contributed by atoms with Gasteiger partial charge in [0.25, 0.3) is 11.5 Å². The molecule has 0 saturated carbocycles. The van der Waals surface area contributed by atoms with Gasteiger partial charge in [-0.25, -0.2) is 5.84 Å². The summed E-state index contributed by atoms with van der Waals surface area (Å²) in [5.41, 5.74) is 6.92. The van der Waals surface area contributed by atoms with Gasteiger partial charge in [-0.2, -0.15) is 0 Å². The number of hydrogen-bond donors (Lipinski definition) is 4. The van der Waals surface area contributed by atoms with Crippen molar-refractivity contribution in [2.24, 2.45) is 16.1 Å². The highest BCUT2D eigenvalue weighted by molar-refractivity contribution is 6.10. The number of nitrogens with two attached hydrogens (primary N) is 1. The molecule has 0 aliphatic heterocycles. The van der Waals surface area contributed by atoms with Crippen molar-refractivity contribution in [2.75, 3.05) is 6.54 Å². The number of carbonyl (C=O) groups is 2. The minimum Gasteiger partial charge on any atom is -0.317 e. The van der Waals surface area contributed by atoms with Crippen LogP contribution in [-0.4, -0.2) is 29.1 Å². The van der Waals surface area contributed by atoms with Gasteiger partial charge < -0.3 is 10.4 Å². The average molecular weight is 292 g/mol. The van der Waals surface area contributed by atoms with Crippen molar-refractivity contribution in [2.45, 2.75) is 0 Å². The minimum atomic E-state index is -1.35.